The van der Waals surface area contributed by atoms with Gasteiger partial charge in [0.2, 0.25) is 10.1 Å². The lowest BCUT2D eigenvalue weighted by Crippen LogP contribution is -2.11. The molecule has 3 heterocycles. The highest BCUT2D eigenvalue weighted by Gasteiger charge is 2.19. The molecule has 134 valence electrons. The first-order valence-electron chi connectivity index (χ1n) is 8.61. The van der Waals surface area contributed by atoms with E-state index in [1.807, 2.05) is 46.7 Å². The lowest BCUT2D eigenvalue weighted by atomic mass is 9.93. The number of aryl methyl sites for hydroxylation is 1. The van der Waals surface area contributed by atoms with E-state index in [2.05, 4.69) is 48.4 Å². The van der Waals surface area contributed by atoms with E-state index in [4.69, 9.17) is 4.98 Å². The number of imidazole rings is 1. The maximum Gasteiger partial charge on any atom is 0.214 e. The van der Waals surface area contributed by atoms with E-state index >= 15 is 0 Å². The third-order valence-electron chi connectivity index (χ3n) is 4.20. The van der Waals surface area contributed by atoms with Crippen molar-refractivity contribution in [3.8, 4) is 5.69 Å². The molecular weight excluding hydrogens is 344 g/mol. The van der Waals surface area contributed by atoms with Gasteiger partial charge in [-0.1, -0.05) is 50.3 Å². The smallest absolute Gasteiger partial charge is 0.214 e. The van der Waals surface area contributed by atoms with Crippen LogP contribution < -0.4 is 5.32 Å². The van der Waals surface area contributed by atoms with Crippen molar-refractivity contribution < 1.29 is 0 Å². The van der Waals surface area contributed by atoms with Crippen LogP contribution in [0, 0.1) is 6.92 Å². The van der Waals surface area contributed by atoms with Gasteiger partial charge in [0.15, 0.2) is 0 Å². The fraction of sp³-hybridized carbons (Fsp3) is 0.316. The number of para-hydroxylation sites is 1. The van der Waals surface area contributed by atoms with Gasteiger partial charge in [-0.25, -0.2) is 14.2 Å². The van der Waals surface area contributed by atoms with Crippen molar-refractivity contribution in [2.75, 3.05) is 5.32 Å². The summed E-state index contributed by atoms with van der Waals surface area (Å²) in [5.74, 6) is 0. The maximum absolute atomic E-state index is 4.69. The number of anilines is 1. The summed E-state index contributed by atoms with van der Waals surface area (Å²) in [5.41, 5.74) is 4.33. The van der Waals surface area contributed by atoms with Crippen LogP contribution in [-0.2, 0) is 12.0 Å². The van der Waals surface area contributed by atoms with Gasteiger partial charge in [0, 0.05) is 18.2 Å². The first-order chi connectivity index (χ1) is 12.4. The Hall–Kier alpha value is -2.67. The number of aromatic nitrogens is 5. The van der Waals surface area contributed by atoms with E-state index in [-0.39, 0.29) is 5.41 Å². The van der Waals surface area contributed by atoms with Gasteiger partial charge in [-0.3, -0.25) is 0 Å². The highest BCUT2D eigenvalue weighted by molar-refractivity contribution is 7.20. The highest BCUT2D eigenvalue weighted by atomic mass is 32.1. The molecule has 0 fully saturated rings. The molecule has 26 heavy (non-hydrogen) atoms. The average molecular weight is 366 g/mol. The van der Waals surface area contributed by atoms with E-state index in [1.54, 1.807) is 11.3 Å². The number of fused-ring (bicyclic) bond motifs is 1. The zero-order valence-electron chi connectivity index (χ0n) is 15.4. The second kappa shape index (κ2) is 6.25. The monoisotopic (exact) mass is 366 g/mol. The average Bonchev–Trinajstić information content (AvgIpc) is 3.26. The minimum Gasteiger partial charge on any atom is -0.356 e. The third kappa shape index (κ3) is 3.22. The van der Waals surface area contributed by atoms with Crippen LogP contribution in [0.15, 0.2) is 42.7 Å². The van der Waals surface area contributed by atoms with Crippen molar-refractivity contribution in [3.63, 3.8) is 0 Å². The molecule has 0 aliphatic rings. The Morgan fingerprint density at radius 3 is 2.62 bits per heavy atom. The highest BCUT2D eigenvalue weighted by Crippen LogP contribution is 2.26. The molecule has 0 unspecified atom stereocenters. The molecule has 0 bridgehead atoms. The minimum atomic E-state index is 0.0296. The maximum atomic E-state index is 4.69. The van der Waals surface area contributed by atoms with E-state index in [9.17, 15) is 0 Å². The van der Waals surface area contributed by atoms with Crippen molar-refractivity contribution in [3.05, 3.63) is 59.7 Å². The number of hydrogen-bond donors (Lipinski definition) is 1. The van der Waals surface area contributed by atoms with Gasteiger partial charge in [0.25, 0.3) is 0 Å². The zero-order chi connectivity index (χ0) is 18.3. The van der Waals surface area contributed by atoms with E-state index in [1.165, 1.54) is 5.56 Å². The number of hydrogen-bond acceptors (Lipinski definition) is 5. The molecule has 0 aliphatic carbocycles. The van der Waals surface area contributed by atoms with Crippen LogP contribution in [-0.4, -0.2) is 24.4 Å². The summed E-state index contributed by atoms with van der Waals surface area (Å²) in [4.78, 5) is 5.60. The van der Waals surface area contributed by atoms with Gasteiger partial charge >= 0.3 is 0 Å². The normalized spacial score (nSPS) is 12.0. The molecule has 0 amide bonds. The third-order valence-corrected chi connectivity index (χ3v) is 5.08. The molecule has 1 aromatic carbocycles. The quantitative estimate of drug-likeness (QED) is 0.588. The number of rotatable bonds is 4. The van der Waals surface area contributed by atoms with Crippen molar-refractivity contribution in [2.24, 2.45) is 0 Å². The van der Waals surface area contributed by atoms with Crippen LogP contribution >= 0.6 is 11.3 Å². The molecule has 0 radical (unpaired) electrons. The van der Waals surface area contributed by atoms with Crippen LogP contribution in [0.4, 0.5) is 5.13 Å². The van der Waals surface area contributed by atoms with Gasteiger partial charge in [-0.05, 0) is 24.6 Å². The van der Waals surface area contributed by atoms with Gasteiger partial charge in [-0.15, -0.1) is 5.10 Å². The molecule has 4 aromatic rings. The van der Waals surface area contributed by atoms with Crippen molar-refractivity contribution in [2.45, 2.75) is 39.7 Å². The molecule has 4 rings (SSSR count). The predicted octanol–water partition coefficient (Wildman–Crippen LogP) is 4.19. The van der Waals surface area contributed by atoms with Crippen LogP contribution in [0.5, 0.6) is 0 Å². The van der Waals surface area contributed by atoms with Crippen LogP contribution in [0.3, 0.4) is 0 Å². The topological polar surface area (TPSA) is 60.0 Å². The largest absolute Gasteiger partial charge is 0.356 e. The summed E-state index contributed by atoms with van der Waals surface area (Å²) < 4.78 is 3.77. The molecule has 0 atom stereocenters. The molecule has 1 N–H and O–H groups in total. The zero-order valence-corrected chi connectivity index (χ0v) is 16.2. The molecule has 0 saturated heterocycles. The molecule has 6 nitrogen and oxygen atoms in total. The number of nitrogens with zero attached hydrogens (tertiary/aromatic N) is 5. The van der Waals surface area contributed by atoms with E-state index < -0.39 is 0 Å². The lowest BCUT2D eigenvalue weighted by molar-refractivity contribution is 0.572. The second-order valence-electron chi connectivity index (χ2n) is 7.39. The summed E-state index contributed by atoms with van der Waals surface area (Å²) in [5, 5.41) is 13.4. The Bertz CT molecular complexity index is 1020. The summed E-state index contributed by atoms with van der Waals surface area (Å²) in [6, 6.07) is 10.3. The summed E-state index contributed by atoms with van der Waals surface area (Å²) in [6.45, 7) is 9.15. The van der Waals surface area contributed by atoms with Crippen molar-refractivity contribution in [1.29, 1.82) is 0 Å². The van der Waals surface area contributed by atoms with Gasteiger partial charge in [-0.2, -0.15) is 5.10 Å². The summed E-state index contributed by atoms with van der Waals surface area (Å²) in [7, 11) is 0. The Kier molecular flexibility index (Phi) is 4.03. The van der Waals surface area contributed by atoms with Gasteiger partial charge < -0.3 is 5.32 Å². The molecule has 7 heteroatoms. The summed E-state index contributed by atoms with van der Waals surface area (Å²) in [6.07, 6.45) is 4.00. The van der Waals surface area contributed by atoms with Crippen LogP contribution in [0.1, 0.15) is 37.7 Å². The molecule has 0 aliphatic heterocycles. The molecule has 3 aromatic heterocycles. The van der Waals surface area contributed by atoms with Crippen LogP contribution in [0.25, 0.3) is 10.6 Å². The van der Waals surface area contributed by atoms with Crippen molar-refractivity contribution in [1.82, 2.24) is 24.4 Å². The Morgan fingerprint density at radius 2 is 1.92 bits per heavy atom. The Balaban J connectivity index is 1.54. The van der Waals surface area contributed by atoms with Crippen LogP contribution in [0.2, 0.25) is 0 Å². The second-order valence-corrected chi connectivity index (χ2v) is 8.35. The number of nitrogens with one attached hydrogen (secondary N) is 1. The fourth-order valence-electron chi connectivity index (χ4n) is 2.74. The molecule has 0 spiro atoms. The summed E-state index contributed by atoms with van der Waals surface area (Å²) >= 11 is 1.57. The minimum absolute atomic E-state index is 0.0296. The molecule has 0 saturated carbocycles. The number of benzene rings is 1. The fourth-order valence-corrected chi connectivity index (χ4v) is 3.51. The van der Waals surface area contributed by atoms with Crippen molar-refractivity contribution >= 4 is 21.4 Å². The lowest BCUT2D eigenvalue weighted by Gasteiger charge is -2.13. The SMILES string of the molecule is Cc1ccn(-c2ccccc2CNc2nn3cc(C(C)(C)C)nc3s2)n1. The van der Waals surface area contributed by atoms with Gasteiger partial charge in [0.1, 0.15) is 0 Å². The predicted molar refractivity (Wildman–Crippen MR) is 105 cm³/mol. The van der Waals surface area contributed by atoms with Gasteiger partial charge in [0.05, 0.1) is 23.3 Å². The Morgan fingerprint density at radius 1 is 1.12 bits per heavy atom. The first-order valence-corrected chi connectivity index (χ1v) is 9.43. The van der Waals surface area contributed by atoms with E-state index in [0.717, 1.165) is 27.2 Å². The standard InChI is InChI=1S/C19H22N6S/c1-13-9-10-24(22-13)15-8-6-5-7-14(15)11-20-17-23-25-12-16(19(2,3)4)21-18(25)26-17/h5-10,12H,11H2,1-4H3,(H,20,23). The molecular formula is C19H22N6S. The van der Waals surface area contributed by atoms with E-state index in [0.29, 0.717) is 6.54 Å². The first kappa shape index (κ1) is 16.8. The Labute approximate surface area is 156 Å².